The van der Waals surface area contributed by atoms with Gasteiger partial charge in [-0.15, -0.1) is 6.58 Å². The molecule has 7 rings (SSSR count). The maximum Gasteiger partial charge on any atom is 0.409 e. The molecule has 0 bridgehead atoms. The number of nitrogens with one attached hydrogen (secondary N) is 1. The summed E-state index contributed by atoms with van der Waals surface area (Å²) in [5, 5.41) is 14.2. The molecule has 3 aliphatic rings. The first kappa shape index (κ1) is 28.1. The van der Waals surface area contributed by atoms with Gasteiger partial charge in [-0.05, 0) is 68.0 Å². The predicted octanol–water partition coefficient (Wildman–Crippen LogP) is 3.95. The average molecular weight is 597 g/mol. The smallest absolute Gasteiger partial charge is 0.409 e. The minimum absolute atomic E-state index is 0.210. The summed E-state index contributed by atoms with van der Waals surface area (Å²) >= 11 is 0. The fraction of sp³-hybridized carbons (Fsp3) is 0.406. The van der Waals surface area contributed by atoms with Gasteiger partial charge in [0.15, 0.2) is 11.5 Å². The highest BCUT2D eigenvalue weighted by Crippen LogP contribution is 2.41. The van der Waals surface area contributed by atoms with Crippen LogP contribution in [0.25, 0.3) is 16.9 Å². The molecule has 2 aliphatic heterocycles. The molecule has 1 unspecified atom stereocenters. The molecule has 2 N–H and O–H groups in total. The number of likely N-dealkylation sites (tertiary alicyclic amines) is 1. The summed E-state index contributed by atoms with van der Waals surface area (Å²) in [6.07, 6.45) is 6.86. The predicted molar refractivity (Wildman–Crippen MR) is 167 cm³/mol. The second-order valence-corrected chi connectivity index (χ2v) is 12.0. The number of carbonyl (C=O) groups is 1. The van der Waals surface area contributed by atoms with E-state index in [2.05, 4.69) is 33.9 Å². The Hall–Kier alpha value is -4.71. The molecule has 1 aliphatic carbocycles. The number of rotatable bonds is 6. The van der Waals surface area contributed by atoms with Gasteiger partial charge in [0.2, 0.25) is 5.95 Å². The SMILES string of the molecule is C=CCn1c(=O)c2cnc(Nc3ccc(N4CCC5(CC4)CN(C(=O)OC)C5)cc3)nc2n1-c1ccc2c(n1)C(O)CCC2. The van der Waals surface area contributed by atoms with E-state index in [9.17, 15) is 14.7 Å². The quantitative estimate of drug-likeness (QED) is 0.318. The van der Waals surface area contributed by atoms with Crippen LogP contribution < -0.4 is 15.8 Å². The van der Waals surface area contributed by atoms with Gasteiger partial charge in [-0.25, -0.2) is 24.1 Å². The third-order valence-corrected chi connectivity index (χ3v) is 9.23. The minimum Gasteiger partial charge on any atom is -0.453 e. The summed E-state index contributed by atoms with van der Waals surface area (Å²) in [4.78, 5) is 43.2. The lowest BCUT2D eigenvalue weighted by Crippen LogP contribution is -2.61. The van der Waals surface area contributed by atoms with Crippen molar-refractivity contribution < 1.29 is 14.6 Å². The van der Waals surface area contributed by atoms with E-state index < -0.39 is 6.10 Å². The van der Waals surface area contributed by atoms with Crippen molar-refractivity contribution in [1.29, 1.82) is 0 Å². The Morgan fingerprint density at radius 1 is 1.16 bits per heavy atom. The Bertz CT molecular complexity index is 1780. The number of hydrogen-bond acceptors (Lipinski definition) is 9. The summed E-state index contributed by atoms with van der Waals surface area (Å²) in [5.41, 5.74) is 4.04. The monoisotopic (exact) mass is 596 g/mol. The highest BCUT2D eigenvalue weighted by Gasteiger charge is 2.47. The van der Waals surface area contributed by atoms with Gasteiger partial charge in [0.25, 0.3) is 5.56 Å². The van der Waals surface area contributed by atoms with Crippen LogP contribution in [0.2, 0.25) is 0 Å². The standard InChI is InChI=1S/C32H36N8O4/c1-3-15-39-29(42)24-18-33-30(36-28(24)40(39)26-12-7-21-5-4-6-25(41)27(21)35-26)34-22-8-10-23(11-9-22)37-16-13-32(14-17-37)19-38(20-32)31(43)44-2/h3,7-12,18,25,41H,1,4-6,13-17,19-20H2,2H3,(H,33,34,36). The number of aromatic nitrogens is 5. The van der Waals surface area contributed by atoms with E-state index in [0.29, 0.717) is 34.9 Å². The largest absolute Gasteiger partial charge is 0.453 e. The second kappa shape index (κ2) is 11.1. The zero-order valence-corrected chi connectivity index (χ0v) is 24.8. The number of ether oxygens (including phenoxy) is 1. The molecule has 228 valence electrons. The number of fused-ring (bicyclic) bond motifs is 2. The third kappa shape index (κ3) is 4.88. The van der Waals surface area contributed by atoms with Gasteiger partial charge < -0.3 is 25.0 Å². The molecule has 2 saturated heterocycles. The van der Waals surface area contributed by atoms with Crippen LogP contribution in [0.3, 0.4) is 0 Å². The summed E-state index contributed by atoms with van der Waals surface area (Å²) in [6.45, 7) is 7.51. The fourth-order valence-electron chi connectivity index (χ4n) is 6.80. The molecule has 2 fully saturated rings. The molecule has 12 nitrogen and oxygen atoms in total. The second-order valence-electron chi connectivity index (χ2n) is 12.0. The molecule has 1 atom stereocenters. The highest BCUT2D eigenvalue weighted by molar-refractivity contribution is 5.77. The van der Waals surface area contributed by atoms with Crippen molar-refractivity contribution in [3.05, 3.63) is 76.9 Å². The number of anilines is 3. The van der Waals surface area contributed by atoms with Gasteiger partial charge in [-0.1, -0.05) is 12.1 Å². The summed E-state index contributed by atoms with van der Waals surface area (Å²) in [6, 6.07) is 12.0. The van der Waals surface area contributed by atoms with Gasteiger partial charge in [0.1, 0.15) is 5.39 Å². The number of aryl methyl sites for hydroxylation is 1. The number of aliphatic hydroxyl groups excluding tert-OH is 1. The molecule has 1 amide bonds. The van der Waals surface area contributed by atoms with E-state index in [4.69, 9.17) is 14.7 Å². The molecule has 12 heteroatoms. The number of allylic oxidation sites excluding steroid dienone is 1. The van der Waals surface area contributed by atoms with E-state index in [1.54, 1.807) is 15.7 Å². The van der Waals surface area contributed by atoms with E-state index in [1.807, 2.05) is 24.3 Å². The number of nitrogens with zero attached hydrogens (tertiary/aromatic N) is 7. The average Bonchev–Trinajstić information content (AvgIpc) is 3.30. The number of piperidine rings is 1. The van der Waals surface area contributed by atoms with Crippen LogP contribution in [-0.2, 0) is 17.7 Å². The number of aliphatic hydroxyl groups is 1. The molecular formula is C32H36N8O4. The van der Waals surface area contributed by atoms with Crippen molar-refractivity contribution >= 4 is 34.4 Å². The van der Waals surface area contributed by atoms with Crippen LogP contribution in [0.4, 0.5) is 22.1 Å². The van der Waals surface area contributed by atoms with Crippen LogP contribution in [0, 0.1) is 5.41 Å². The van der Waals surface area contributed by atoms with Crippen LogP contribution in [-0.4, -0.2) is 73.7 Å². The number of hydrogen-bond donors (Lipinski definition) is 2. The van der Waals surface area contributed by atoms with Crippen molar-refractivity contribution in [3.63, 3.8) is 0 Å². The molecule has 0 radical (unpaired) electrons. The zero-order chi connectivity index (χ0) is 30.4. The molecule has 0 saturated carbocycles. The number of benzene rings is 1. The first-order valence-corrected chi connectivity index (χ1v) is 15.1. The lowest BCUT2D eigenvalue weighted by molar-refractivity contribution is -0.0121. The molecule has 44 heavy (non-hydrogen) atoms. The van der Waals surface area contributed by atoms with Gasteiger partial charge in [-0.2, -0.15) is 4.98 Å². The third-order valence-electron chi connectivity index (χ3n) is 9.23. The fourth-order valence-corrected chi connectivity index (χ4v) is 6.80. The van der Waals surface area contributed by atoms with E-state index in [-0.39, 0.29) is 23.6 Å². The van der Waals surface area contributed by atoms with Crippen molar-refractivity contribution in [2.24, 2.45) is 5.41 Å². The van der Waals surface area contributed by atoms with Gasteiger partial charge >= 0.3 is 6.09 Å². The number of carbonyl (C=O) groups excluding carboxylic acids is 1. The van der Waals surface area contributed by atoms with Crippen molar-refractivity contribution in [1.82, 2.24) is 29.2 Å². The van der Waals surface area contributed by atoms with Gasteiger partial charge in [-0.3, -0.25) is 4.79 Å². The van der Waals surface area contributed by atoms with E-state index >= 15 is 0 Å². The lowest BCUT2D eigenvalue weighted by atomic mass is 9.72. The number of methoxy groups -OCH3 is 1. The van der Waals surface area contributed by atoms with E-state index in [1.165, 1.54) is 18.0 Å². The van der Waals surface area contributed by atoms with Gasteiger partial charge in [0, 0.05) is 49.2 Å². The van der Waals surface area contributed by atoms with Crippen LogP contribution >= 0.6 is 0 Å². The minimum atomic E-state index is -0.629. The van der Waals surface area contributed by atoms with Gasteiger partial charge in [0.05, 0.1) is 25.5 Å². The van der Waals surface area contributed by atoms with E-state index in [0.717, 1.165) is 68.8 Å². The zero-order valence-electron chi connectivity index (χ0n) is 24.8. The maximum absolute atomic E-state index is 13.3. The summed E-state index contributed by atoms with van der Waals surface area (Å²) in [5.74, 6) is 0.865. The van der Waals surface area contributed by atoms with Crippen molar-refractivity contribution in [2.75, 3.05) is 43.5 Å². The Morgan fingerprint density at radius 3 is 2.66 bits per heavy atom. The van der Waals surface area contributed by atoms with Crippen LogP contribution in [0.1, 0.15) is 43.0 Å². The Balaban J connectivity index is 1.11. The first-order chi connectivity index (χ1) is 21.4. The first-order valence-electron chi connectivity index (χ1n) is 15.1. The van der Waals surface area contributed by atoms with Crippen molar-refractivity contribution in [2.45, 2.75) is 44.8 Å². The summed E-state index contributed by atoms with van der Waals surface area (Å²) < 4.78 is 8.07. The molecule has 3 aromatic heterocycles. The molecule has 1 spiro atoms. The molecule has 1 aromatic carbocycles. The highest BCUT2D eigenvalue weighted by atomic mass is 16.5. The lowest BCUT2D eigenvalue weighted by Gasteiger charge is -2.53. The Kier molecular flexibility index (Phi) is 7.08. The normalized spacial score (nSPS) is 19.0. The van der Waals surface area contributed by atoms with Crippen LogP contribution in [0.5, 0.6) is 0 Å². The summed E-state index contributed by atoms with van der Waals surface area (Å²) in [7, 11) is 1.43. The molecule has 4 aromatic rings. The Morgan fingerprint density at radius 2 is 1.93 bits per heavy atom. The van der Waals surface area contributed by atoms with Crippen LogP contribution in [0.15, 0.2) is 60.0 Å². The molecular weight excluding hydrogens is 560 g/mol. The number of pyridine rings is 1. The molecule has 5 heterocycles. The maximum atomic E-state index is 13.3. The number of amides is 1. The topological polar surface area (TPSA) is 131 Å². The Labute approximate surface area is 254 Å². The van der Waals surface area contributed by atoms with Crippen molar-refractivity contribution in [3.8, 4) is 5.82 Å².